The lowest BCUT2D eigenvalue weighted by Crippen LogP contribution is -2.33. The van der Waals surface area contributed by atoms with E-state index in [-0.39, 0.29) is 33.7 Å². The van der Waals surface area contributed by atoms with Gasteiger partial charge in [0.25, 0.3) is 5.91 Å². The summed E-state index contributed by atoms with van der Waals surface area (Å²) in [5.74, 6) is -0.392. The summed E-state index contributed by atoms with van der Waals surface area (Å²) in [4.78, 5) is 12.4. The summed E-state index contributed by atoms with van der Waals surface area (Å²) >= 11 is 6.08. The van der Waals surface area contributed by atoms with Crippen molar-refractivity contribution in [3.8, 4) is 0 Å². The Morgan fingerprint density at radius 3 is 2.71 bits per heavy atom. The van der Waals surface area contributed by atoms with Gasteiger partial charge in [0.2, 0.25) is 10.0 Å². The molecule has 0 bridgehead atoms. The first-order valence-electron chi connectivity index (χ1n) is 7.88. The van der Waals surface area contributed by atoms with Gasteiger partial charge in [-0.25, -0.2) is 8.42 Å². The Kier molecular flexibility index (Phi) is 5.91. The van der Waals surface area contributed by atoms with E-state index in [0.717, 1.165) is 6.42 Å². The van der Waals surface area contributed by atoms with Gasteiger partial charge >= 0.3 is 0 Å². The molecule has 134 valence electrons. The largest absolute Gasteiger partial charge is 0.376 e. The predicted octanol–water partition coefficient (Wildman–Crippen LogP) is 2.28. The number of sulfonamides is 1. The summed E-state index contributed by atoms with van der Waals surface area (Å²) in [5, 5.41) is 3.03. The monoisotopic (exact) mass is 374 g/mol. The van der Waals surface area contributed by atoms with Crippen LogP contribution in [0.3, 0.4) is 0 Å². The van der Waals surface area contributed by atoms with Gasteiger partial charge in [-0.05, 0) is 45.4 Å². The molecule has 0 saturated heterocycles. The van der Waals surface area contributed by atoms with Crippen molar-refractivity contribution in [3.05, 3.63) is 28.8 Å². The number of amides is 1. The van der Waals surface area contributed by atoms with Gasteiger partial charge in [0.1, 0.15) is 0 Å². The van der Waals surface area contributed by atoms with Gasteiger partial charge < -0.3 is 10.1 Å². The van der Waals surface area contributed by atoms with E-state index in [2.05, 4.69) is 5.32 Å². The van der Waals surface area contributed by atoms with Crippen molar-refractivity contribution in [3.63, 3.8) is 0 Å². The van der Waals surface area contributed by atoms with Gasteiger partial charge in [0.15, 0.2) is 0 Å². The van der Waals surface area contributed by atoms with Gasteiger partial charge in [0.05, 0.1) is 27.6 Å². The molecule has 0 spiro atoms. The van der Waals surface area contributed by atoms with Crippen LogP contribution in [-0.2, 0) is 14.8 Å². The van der Waals surface area contributed by atoms with E-state index in [4.69, 9.17) is 16.3 Å². The maximum absolute atomic E-state index is 12.6. The van der Waals surface area contributed by atoms with E-state index in [1.165, 1.54) is 29.6 Å². The number of hydrogen-bond donors (Lipinski definition) is 1. The topological polar surface area (TPSA) is 75.7 Å². The summed E-state index contributed by atoms with van der Waals surface area (Å²) in [6.45, 7) is 6.05. The smallest absolute Gasteiger partial charge is 0.253 e. The molecule has 1 aromatic carbocycles. The quantitative estimate of drug-likeness (QED) is 0.794. The SMILES string of the molecule is CCO[C@H]1C[C@@H]1NC(=O)c1cc(S(=O)(=O)N(C)C(C)C)ccc1Cl. The molecule has 6 nitrogen and oxygen atoms in total. The van der Waals surface area contributed by atoms with Gasteiger partial charge in [-0.2, -0.15) is 4.31 Å². The summed E-state index contributed by atoms with van der Waals surface area (Å²) < 4.78 is 31.8. The van der Waals surface area contributed by atoms with Crippen LogP contribution in [0.4, 0.5) is 0 Å². The molecule has 1 aromatic rings. The molecule has 8 heteroatoms. The maximum atomic E-state index is 12.6. The number of ether oxygens (including phenoxy) is 1. The minimum atomic E-state index is -3.67. The number of rotatable bonds is 7. The van der Waals surface area contributed by atoms with Crippen molar-refractivity contribution in [2.24, 2.45) is 0 Å². The third kappa shape index (κ3) is 4.08. The molecule has 24 heavy (non-hydrogen) atoms. The molecular weight excluding hydrogens is 352 g/mol. The maximum Gasteiger partial charge on any atom is 0.253 e. The van der Waals surface area contributed by atoms with Crippen LogP contribution < -0.4 is 5.32 Å². The number of carbonyl (C=O) groups is 1. The van der Waals surface area contributed by atoms with Crippen LogP contribution in [0.2, 0.25) is 5.02 Å². The number of nitrogens with one attached hydrogen (secondary N) is 1. The first-order valence-corrected chi connectivity index (χ1v) is 9.70. The van der Waals surface area contributed by atoms with E-state index < -0.39 is 15.9 Å². The van der Waals surface area contributed by atoms with Crippen molar-refractivity contribution >= 4 is 27.5 Å². The van der Waals surface area contributed by atoms with Crippen LogP contribution in [-0.4, -0.2) is 50.5 Å². The highest BCUT2D eigenvalue weighted by atomic mass is 35.5. The highest BCUT2D eigenvalue weighted by Crippen LogP contribution is 2.27. The van der Waals surface area contributed by atoms with Crippen LogP contribution in [0.5, 0.6) is 0 Å². The molecule has 1 aliphatic rings. The fourth-order valence-electron chi connectivity index (χ4n) is 2.25. The second kappa shape index (κ2) is 7.39. The molecule has 0 unspecified atom stereocenters. The molecule has 1 fully saturated rings. The number of carbonyl (C=O) groups excluding carboxylic acids is 1. The van der Waals surface area contributed by atoms with Crippen molar-refractivity contribution < 1.29 is 17.9 Å². The molecule has 1 aliphatic carbocycles. The van der Waals surface area contributed by atoms with Crippen molar-refractivity contribution in [1.82, 2.24) is 9.62 Å². The minimum absolute atomic E-state index is 0.0247. The molecular formula is C16H23ClN2O4S. The van der Waals surface area contributed by atoms with Gasteiger partial charge in [-0.3, -0.25) is 4.79 Å². The first kappa shape index (κ1) is 19.2. The summed E-state index contributed by atoms with van der Waals surface area (Å²) in [7, 11) is -2.17. The second-order valence-corrected chi connectivity index (χ2v) is 8.47. The fraction of sp³-hybridized carbons (Fsp3) is 0.562. The molecule has 2 atom stereocenters. The van der Waals surface area contributed by atoms with E-state index in [1.54, 1.807) is 13.8 Å². The van der Waals surface area contributed by atoms with Crippen molar-refractivity contribution in [1.29, 1.82) is 0 Å². The number of nitrogens with zero attached hydrogens (tertiary/aromatic N) is 1. The molecule has 2 rings (SSSR count). The Bertz CT molecular complexity index is 721. The highest BCUT2D eigenvalue weighted by Gasteiger charge is 2.39. The zero-order valence-electron chi connectivity index (χ0n) is 14.2. The minimum Gasteiger partial charge on any atom is -0.376 e. The molecule has 0 aliphatic heterocycles. The van der Waals surface area contributed by atoms with Crippen LogP contribution in [0.25, 0.3) is 0 Å². The van der Waals surface area contributed by atoms with Crippen molar-refractivity contribution in [2.45, 2.75) is 50.3 Å². The number of halogens is 1. The number of hydrogen-bond acceptors (Lipinski definition) is 4. The lowest BCUT2D eigenvalue weighted by atomic mass is 10.2. The summed E-state index contributed by atoms with van der Waals surface area (Å²) in [6, 6.07) is 3.93. The Morgan fingerprint density at radius 1 is 1.46 bits per heavy atom. The van der Waals surface area contributed by atoms with E-state index in [9.17, 15) is 13.2 Å². The second-order valence-electron chi connectivity index (χ2n) is 6.07. The van der Waals surface area contributed by atoms with Gasteiger partial charge in [0, 0.05) is 19.7 Å². The van der Waals surface area contributed by atoms with Gasteiger partial charge in [-0.1, -0.05) is 11.6 Å². The van der Waals surface area contributed by atoms with E-state index >= 15 is 0 Å². The third-order valence-corrected chi connectivity index (χ3v) is 6.37. The molecule has 1 saturated carbocycles. The third-order valence-electron chi connectivity index (χ3n) is 4.02. The zero-order valence-corrected chi connectivity index (χ0v) is 15.8. The van der Waals surface area contributed by atoms with Crippen molar-refractivity contribution in [2.75, 3.05) is 13.7 Å². The molecule has 0 aromatic heterocycles. The highest BCUT2D eigenvalue weighted by molar-refractivity contribution is 7.89. The Morgan fingerprint density at radius 2 is 2.12 bits per heavy atom. The summed E-state index contributed by atoms with van der Waals surface area (Å²) in [5.41, 5.74) is 0.150. The lowest BCUT2D eigenvalue weighted by Gasteiger charge is -2.21. The van der Waals surface area contributed by atoms with Crippen LogP contribution in [0.1, 0.15) is 37.6 Å². The first-order chi connectivity index (χ1) is 11.2. The van der Waals surface area contributed by atoms with E-state index in [0.29, 0.717) is 6.61 Å². The van der Waals surface area contributed by atoms with Gasteiger partial charge in [-0.15, -0.1) is 0 Å². The van der Waals surface area contributed by atoms with Crippen LogP contribution in [0, 0.1) is 0 Å². The molecule has 1 amide bonds. The summed E-state index contributed by atoms with van der Waals surface area (Å²) in [6.07, 6.45) is 0.780. The molecule has 0 heterocycles. The van der Waals surface area contributed by atoms with Crippen LogP contribution in [0.15, 0.2) is 23.1 Å². The number of benzene rings is 1. The normalized spacial score (nSPS) is 20.5. The molecule has 1 N–H and O–H groups in total. The molecule has 0 radical (unpaired) electrons. The Hall–Kier alpha value is -1.15. The Labute approximate surface area is 148 Å². The lowest BCUT2D eigenvalue weighted by molar-refractivity contribution is 0.0914. The van der Waals surface area contributed by atoms with E-state index in [1.807, 2.05) is 6.92 Å². The average Bonchev–Trinajstić information content (AvgIpc) is 3.24. The average molecular weight is 375 g/mol. The predicted molar refractivity (Wildman–Crippen MR) is 92.8 cm³/mol. The fourth-order valence-corrected chi connectivity index (χ4v) is 3.85. The standard InChI is InChI=1S/C16H23ClN2O4S/c1-5-23-15-9-14(15)18-16(20)12-8-11(6-7-13(12)17)24(21,22)19(4)10(2)3/h6-8,10,14-15H,5,9H2,1-4H3,(H,18,20)/t14-,15-/m0/s1. The Balaban J connectivity index is 2.21. The van der Waals surface area contributed by atoms with Crippen LogP contribution >= 0.6 is 11.6 Å². The zero-order chi connectivity index (χ0) is 18.1.